The molecule has 1 aliphatic heterocycles. The molecule has 3 rings (SSSR count). The summed E-state index contributed by atoms with van der Waals surface area (Å²) in [6, 6.07) is 18.7. The third-order valence-corrected chi connectivity index (χ3v) is 13.4. The Hall–Kier alpha value is -2.83. The molecule has 0 saturated heterocycles. The number of carbonyl (C=O) groups is 1. The van der Waals surface area contributed by atoms with E-state index in [1.807, 2.05) is 74.5 Å². The second-order valence-corrected chi connectivity index (χ2v) is 19.4. The highest BCUT2D eigenvalue weighted by molar-refractivity contribution is 7.87. The SMILES string of the molecule is CC(C)CC1CC=C(OS(=O)(=O)C(F)(F)F)N(C(=O)OC(C)(C)C)C1CO[Si](c1ccccc1)(c1ccccc1)C(C)(C)C. The number of carbonyl (C=O) groups excluding carboxylic acids is 1. The Labute approximate surface area is 260 Å². The van der Waals surface area contributed by atoms with Crippen LogP contribution in [0.15, 0.2) is 72.6 Å². The smallest absolute Gasteiger partial charge is 0.443 e. The molecule has 0 aliphatic carbocycles. The van der Waals surface area contributed by atoms with Gasteiger partial charge in [-0.3, -0.25) is 0 Å². The van der Waals surface area contributed by atoms with Gasteiger partial charge in [0, 0.05) is 0 Å². The van der Waals surface area contributed by atoms with Crippen LogP contribution in [0.3, 0.4) is 0 Å². The molecule has 0 bridgehead atoms. The van der Waals surface area contributed by atoms with Gasteiger partial charge >= 0.3 is 21.7 Å². The number of halogens is 3. The number of alkyl halides is 3. The minimum atomic E-state index is -6.07. The normalized spacial score (nSPS) is 18.6. The molecular weight excluding hydrogens is 612 g/mol. The van der Waals surface area contributed by atoms with Crippen molar-refractivity contribution in [2.45, 2.75) is 90.4 Å². The zero-order valence-electron chi connectivity index (χ0n) is 26.6. The molecule has 44 heavy (non-hydrogen) atoms. The van der Waals surface area contributed by atoms with Gasteiger partial charge in [0.25, 0.3) is 8.32 Å². The predicted octanol–water partition coefficient (Wildman–Crippen LogP) is 6.94. The van der Waals surface area contributed by atoms with E-state index in [0.717, 1.165) is 15.3 Å². The van der Waals surface area contributed by atoms with Crippen LogP contribution in [0.5, 0.6) is 0 Å². The summed E-state index contributed by atoms with van der Waals surface area (Å²) in [6.07, 6.45) is 0.962. The van der Waals surface area contributed by atoms with E-state index < -0.39 is 52.6 Å². The molecule has 1 heterocycles. The Kier molecular flexibility index (Phi) is 10.7. The van der Waals surface area contributed by atoms with Gasteiger partial charge < -0.3 is 13.3 Å². The fourth-order valence-electron chi connectivity index (χ4n) is 5.69. The Morgan fingerprint density at radius 1 is 0.932 bits per heavy atom. The number of amides is 1. The largest absolute Gasteiger partial charge is 0.534 e. The van der Waals surface area contributed by atoms with E-state index >= 15 is 0 Å². The Morgan fingerprint density at radius 3 is 1.84 bits per heavy atom. The highest BCUT2D eigenvalue weighted by atomic mass is 32.2. The lowest BCUT2D eigenvalue weighted by atomic mass is 9.85. The summed E-state index contributed by atoms with van der Waals surface area (Å²) >= 11 is 0. The fourth-order valence-corrected chi connectivity index (χ4v) is 10.7. The maximum atomic E-state index is 13.7. The van der Waals surface area contributed by atoms with Gasteiger partial charge in [0.05, 0.1) is 12.6 Å². The van der Waals surface area contributed by atoms with Gasteiger partial charge in [-0.15, -0.1) is 0 Å². The lowest BCUT2D eigenvalue weighted by Crippen LogP contribution is -2.68. The monoisotopic (exact) mass is 655 g/mol. The molecule has 0 radical (unpaired) electrons. The van der Waals surface area contributed by atoms with Gasteiger partial charge in [-0.1, -0.05) is 95.3 Å². The van der Waals surface area contributed by atoms with Crippen molar-refractivity contribution in [3.8, 4) is 0 Å². The summed E-state index contributed by atoms with van der Waals surface area (Å²) < 4.78 is 82.0. The van der Waals surface area contributed by atoms with Gasteiger partial charge in [-0.05, 0) is 66.9 Å². The molecule has 2 unspecified atom stereocenters. The third-order valence-electron chi connectivity index (χ3n) is 7.44. The van der Waals surface area contributed by atoms with Gasteiger partial charge in [0.15, 0.2) is 0 Å². The van der Waals surface area contributed by atoms with E-state index in [-0.39, 0.29) is 24.9 Å². The zero-order valence-corrected chi connectivity index (χ0v) is 28.5. The lowest BCUT2D eigenvalue weighted by molar-refractivity contribution is -0.0564. The van der Waals surface area contributed by atoms with Crippen LogP contribution in [0.4, 0.5) is 18.0 Å². The summed E-state index contributed by atoms with van der Waals surface area (Å²) in [5, 5.41) is 1.53. The van der Waals surface area contributed by atoms with E-state index in [9.17, 15) is 26.4 Å². The number of allylic oxidation sites excluding steroid dienone is 1. The standard InChI is InChI=1S/C32H44F3NO6SSi/c1-23(2)21-24-19-20-28(42-43(38,39)32(33,34)35)36(29(37)41-30(3,4)5)27(24)22-40-44(31(6,7)8,25-15-11-9-12-16-25)26-17-13-10-14-18-26/h9-18,20,23-24,27H,19,21-22H2,1-8H3. The highest BCUT2D eigenvalue weighted by Gasteiger charge is 2.53. The molecular formula is C32H44F3NO6SSi. The molecule has 244 valence electrons. The second kappa shape index (κ2) is 13.3. The Bertz CT molecular complexity index is 1360. The number of benzene rings is 2. The molecule has 0 N–H and O–H groups in total. The van der Waals surface area contributed by atoms with Crippen LogP contribution >= 0.6 is 0 Å². The van der Waals surface area contributed by atoms with Crippen LogP contribution in [-0.4, -0.2) is 51.5 Å². The summed E-state index contributed by atoms with van der Waals surface area (Å²) in [6.45, 7) is 15.0. The molecule has 2 aromatic rings. The Morgan fingerprint density at radius 2 is 1.43 bits per heavy atom. The molecule has 1 aliphatic rings. The average Bonchev–Trinajstić information content (AvgIpc) is 2.88. The van der Waals surface area contributed by atoms with Crippen LogP contribution in [0.2, 0.25) is 5.04 Å². The van der Waals surface area contributed by atoms with E-state index in [1.165, 1.54) is 6.08 Å². The summed E-state index contributed by atoms with van der Waals surface area (Å²) in [7, 11) is -9.22. The van der Waals surface area contributed by atoms with Crippen molar-refractivity contribution in [2.24, 2.45) is 11.8 Å². The highest BCUT2D eigenvalue weighted by Crippen LogP contribution is 2.40. The van der Waals surface area contributed by atoms with Crippen molar-refractivity contribution in [2.75, 3.05) is 6.61 Å². The number of nitrogens with zero attached hydrogens (tertiary/aromatic N) is 1. The van der Waals surface area contributed by atoms with Crippen molar-refractivity contribution in [1.29, 1.82) is 0 Å². The van der Waals surface area contributed by atoms with Crippen molar-refractivity contribution in [1.82, 2.24) is 4.90 Å². The predicted molar refractivity (Wildman–Crippen MR) is 167 cm³/mol. The van der Waals surface area contributed by atoms with Crippen LogP contribution in [-0.2, 0) is 23.5 Å². The summed E-state index contributed by atoms with van der Waals surface area (Å²) in [5.41, 5.74) is -6.72. The van der Waals surface area contributed by atoms with Crippen molar-refractivity contribution < 1.29 is 39.7 Å². The lowest BCUT2D eigenvalue weighted by Gasteiger charge is -2.46. The third kappa shape index (κ3) is 8.05. The van der Waals surface area contributed by atoms with Gasteiger partial charge in [-0.25, -0.2) is 9.69 Å². The van der Waals surface area contributed by atoms with Crippen molar-refractivity contribution in [3.05, 3.63) is 72.6 Å². The summed E-state index contributed by atoms with van der Waals surface area (Å²) in [4.78, 5) is 14.6. The molecule has 0 aromatic heterocycles. The number of hydrogen-bond acceptors (Lipinski definition) is 6. The molecule has 0 fully saturated rings. The quantitative estimate of drug-likeness (QED) is 0.165. The van der Waals surface area contributed by atoms with E-state index in [2.05, 4.69) is 25.0 Å². The van der Waals surface area contributed by atoms with Gasteiger partial charge in [-0.2, -0.15) is 21.6 Å². The first-order chi connectivity index (χ1) is 20.2. The number of ether oxygens (including phenoxy) is 1. The molecule has 12 heteroatoms. The molecule has 2 atom stereocenters. The minimum absolute atomic E-state index is 0.101. The maximum Gasteiger partial charge on any atom is 0.534 e. The summed E-state index contributed by atoms with van der Waals surface area (Å²) in [5.74, 6) is -0.875. The molecule has 1 amide bonds. The minimum Gasteiger partial charge on any atom is -0.443 e. The van der Waals surface area contributed by atoms with Crippen LogP contribution < -0.4 is 10.4 Å². The average molecular weight is 656 g/mol. The van der Waals surface area contributed by atoms with E-state index in [1.54, 1.807) is 20.8 Å². The van der Waals surface area contributed by atoms with E-state index in [0.29, 0.717) is 6.42 Å². The van der Waals surface area contributed by atoms with Crippen molar-refractivity contribution in [3.63, 3.8) is 0 Å². The van der Waals surface area contributed by atoms with Crippen LogP contribution in [0.1, 0.15) is 68.2 Å². The Balaban J connectivity index is 2.20. The maximum absolute atomic E-state index is 13.7. The molecule has 7 nitrogen and oxygen atoms in total. The van der Waals surface area contributed by atoms with Gasteiger partial charge in [0.2, 0.25) is 5.88 Å². The number of hydrogen-bond donors (Lipinski definition) is 0. The van der Waals surface area contributed by atoms with Crippen molar-refractivity contribution >= 4 is 34.9 Å². The molecule has 0 saturated carbocycles. The molecule has 0 spiro atoms. The van der Waals surface area contributed by atoms with Gasteiger partial charge in [0.1, 0.15) is 5.60 Å². The van der Waals surface area contributed by atoms with Crippen LogP contribution in [0.25, 0.3) is 0 Å². The zero-order chi connectivity index (χ0) is 33.1. The second-order valence-electron chi connectivity index (χ2n) is 13.5. The van der Waals surface area contributed by atoms with Crippen LogP contribution in [0, 0.1) is 11.8 Å². The molecule has 2 aromatic carbocycles. The first-order valence-corrected chi connectivity index (χ1v) is 18.0. The number of rotatable bonds is 9. The topological polar surface area (TPSA) is 82.1 Å². The first-order valence-electron chi connectivity index (χ1n) is 14.7. The first kappa shape index (κ1) is 35.6. The fraction of sp³-hybridized carbons (Fsp3) is 0.531. The van der Waals surface area contributed by atoms with E-state index in [4.69, 9.17) is 9.16 Å².